The summed E-state index contributed by atoms with van der Waals surface area (Å²) in [6, 6.07) is 4.35. The summed E-state index contributed by atoms with van der Waals surface area (Å²) in [7, 11) is 0. The minimum Gasteiger partial charge on any atom is -0.508 e. The predicted octanol–water partition coefficient (Wildman–Crippen LogP) is 3.38. The van der Waals surface area contributed by atoms with E-state index in [-0.39, 0.29) is 16.9 Å². The Morgan fingerprint density at radius 2 is 1.58 bits per heavy atom. The van der Waals surface area contributed by atoms with Crippen LogP contribution in [0.1, 0.15) is 0 Å². The second-order valence-corrected chi connectivity index (χ2v) is 3.71. The van der Waals surface area contributed by atoms with E-state index in [1.54, 1.807) is 0 Å². The third kappa shape index (κ3) is 2.35. The lowest BCUT2D eigenvalue weighted by molar-refractivity contribution is -0.390. The highest BCUT2D eigenvalue weighted by atomic mass is 19.1. The van der Waals surface area contributed by atoms with Crippen molar-refractivity contribution in [2.24, 2.45) is 0 Å². The van der Waals surface area contributed by atoms with Crippen molar-refractivity contribution >= 4 is 5.69 Å². The van der Waals surface area contributed by atoms with Gasteiger partial charge in [0.2, 0.25) is 11.6 Å². The third-order valence-corrected chi connectivity index (χ3v) is 2.46. The molecular formula is C12H6F3NO3. The molecule has 0 saturated heterocycles. The fourth-order valence-electron chi connectivity index (χ4n) is 1.63. The summed E-state index contributed by atoms with van der Waals surface area (Å²) < 4.78 is 40.3. The van der Waals surface area contributed by atoms with Gasteiger partial charge >= 0.3 is 5.69 Å². The molecule has 2 aromatic carbocycles. The second kappa shape index (κ2) is 4.60. The van der Waals surface area contributed by atoms with E-state index in [1.807, 2.05) is 0 Å². The first-order chi connectivity index (χ1) is 8.90. The molecule has 98 valence electrons. The fourth-order valence-corrected chi connectivity index (χ4v) is 1.63. The molecule has 0 saturated carbocycles. The van der Waals surface area contributed by atoms with E-state index in [0.717, 1.165) is 18.2 Å². The molecule has 0 bridgehead atoms. The Bertz CT molecular complexity index is 650. The lowest BCUT2D eigenvalue weighted by Crippen LogP contribution is -1.98. The highest BCUT2D eigenvalue weighted by Crippen LogP contribution is 2.31. The molecule has 1 N–H and O–H groups in total. The molecule has 0 aromatic heterocycles. The molecule has 0 amide bonds. The van der Waals surface area contributed by atoms with Crippen LogP contribution in [-0.4, -0.2) is 10.0 Å². The lowest BCUT2D eigenvalue weighted by atomic mass is 10.0. The van der Waals surface area contributed by atoms with Gasteiger partial charge in [-0.15, -0.1) is 0 Å². The Labute approximate surface area is 104 Å². The van der Waals surface area contributed by atoms with Crippen molar-refractivity contribution in [3.05, 3.63) is 57.9 Å². The SMILES string of the molecule is O=[N+]([O-])c1c(F)cc(-c2ccc(O)cc2F)cc1F. The molecule has 2 aromatic rings. The molecule has 0 unspecified atom stereocenters. The van der Waals surface area contributed by atoms with Gasteiger partial charge in [0, 0.05) is 11.6 Å². The number of nitrogens with zero attached hydrogens (tertiary/aromatic N) is 1. The average molecular weight is 269 g/mol. The number of hydrogen-bond acceptors (Lipinski definition) is 3. The van der Waals surface area contributed by atoms with Gasteiger partial charge in [0.1, 0.15) is 11.6 Å². The topological polar surface area (TPSA) is 63.4 Å². The Balaban J connectivity index is 2.61. The number of aromatic hydroxyl groups is 1. The smallest absolute Gasteiger partial charge is 0.340 e. The summed E-state index contributed by atoms with van der Waals surface area (Å²) in [6.07, 6.45) is 0. The second-order valence-electron chi connectivity index (χ2n) is 3.71. The number of nitro benzene ring substituents is 1. The van der Waals surface area contributed by atoms with Crippen LogP contribution in [0, 0.1) is 27.6 Å². The first-order valence-corrected chi connectivity index (χ1v) is 5.02. The van der Waals surface area contributed by atoms with Crippen LogP contribution in [-0.2, 0) is 0 Å². The van der Waals surface area contributed by atoms with Gasteiger partial charge < -0.3 is 5.11 Å². The van der Waals surface area contributed by atoms with E-state index in [4.69, 9.17) is 5.11 Å². The van der Waals surface area contributed by atoms with Crippen molar-refractivity contribution in [1.82, 2.24) is 0 Å². The molecule has 7 heteroatoms. The molecule has 2 rings (SSSR count). The number of nitro groups is 1. The molecule has 0 aliphatic carbocycles. The first kappa shape index (κ1) is 12.9. The van der Waals surface area contributed by atoms with Gasteiger partial charge in [-0.1, -0.05) is 0 Å². The lowest BCUT2D eigenvalue weighted by Gasteiger charge is -2.05. The summed E-state index contributed by atoms with van der Waals surface area (Å²) in [5.74, 6) is -4.03. The molecule has 0 atom stereocenters. The number of hydrogen-bond donors (Lipinski definition) is 1. The normalized spacial score (nSPS) is 10.5. The van der Waals surface area contributed by atoms with E-state index in [0.29, 0.717) is 12.1 Å². The predicted molar refractivity (Wildman–Crippen MR) is 60.1 cm³/mol. The Hall–Kier alpha value is -2.57. The van der Waals surface area contributed by atoms with Gasteiger partial charge in [-0.05, 0) is 29.8 Å². The van der Waals surface area contributed by atoms with Gasteiger partial charge in [0.15, 0.2) is 0 Å². The Morgan fingerprint density at radius 1 is 1.00 bits per heavy atom. The highest BCUT2D eigenvalue weighted by Gasteiger charge is 2.23. The van der Waals surface area contributed by atoms with Gasteiger partial charge in [-0.2, -0.15) is 8.78 Å². The number of phenolic OH excluding ortho intramolecular Hbond substituents is 1. The summed E-state index contributed by atoms with van der Waals surface area (Å²) in [5.41, 5.74) is -1.66. The van der Waals surface area contributed by atoms with E-state index in [9.17, 15) is 23.3 Å². The largest absolute Gasteiger partial charge is 0.508 e. The van der Waals surface area contributed by atoms with Crippen LogP contribution in [0.15, 0.2) is 30.3 Å². The molecular weight excluding hydrogens is 263 g/mol. The van der Waals surface area contributed by atoms with Crippen LogP contribution >= 0.6 is 0 Å². The van der Waals surface area contributed by atoms with Crippen LogP contribution in [0.25, 0.3) is 11.1 Å². The van der Waals surface area contributed by atoms with E-state index in [1.165, 1.54) is 0 Å². The standard InChI is InChI=1S/C12H6F3NO3/c13-9-5-7(17)1-2-8(9)6-3-10(14)12(16(18)19)11(15)4-6/h1-5,17H. The van der Waals surface area contributed by atoms with Crippen molar-refractivity contribution < 1.29 is 23.2 Å². The molecule has 0 fully saturated rings. The number of rotatable bonds is 2. The first-order valence-electron chi connectivity index (χ1n) is 5.02. The third-order valence-electron chi connectivity index (χ3n) is 2.46. The van der Waals surface area contributed by atoms with E-state index >= 15 is 0 Å². The summed E-state index contributed by atoms with van der Waals surface area (Å²) in [5, 5.41) is 19.5. The van der Waals surface area contributed by atoms with Crippen molar-refractivity contribution in [3.63, 3.8) is 0 Å². The number of phenols is 1. The van der Waals surface area contributed by atoms with Crippen molar-refractivity contribution in [2.45, 2.75) is 0 Å². The summed E-state index contributed by atoms with van der Waals surface area (Å²) in [6.45, 7) is 0. The minimum absolute atomic E-state index is 0.175. The zero-order valence-electron chi connectivity index (χ0n) is 9.23. The quantitative estimate of drug-likeness (QED) is 0.671. The van der Waals surface area contributed by atoms with E-state index in [2.05, 4.69) is 0 Å². The molecule has 0 heterocycles. The molecule has 0 aliphatic rings. The number of benzene rings is 2. The van der Waals surface area contributed by atoms with Crippen LogP contribution in [0.2, 0.25) is 0 Å². The maximum atomic E-state index is 13.5. The van der Waals surface area contributed by atoms with Crippen LogP contribution < -0.4 is 0 Å². The maximum Gasteiger partial charge on any atom is 0.340 e. The molecule has 19 heavy (non-hydrogen) atoms. The Morgan fingerprint density at radius 3 is 2.05 bits per heavy atom. The summed E-state index contributed by atoms with van der Waals surface area (Å²) in [4.78, 5) is 9.23. The van der Waals surface area contributed by atoms with Crippen LogP contribution in [0.4, 0.5) is 18.9 Å². The van der Waals surface area contributed by atoms with Crippen LogP contribution in [0.5, 0.6) is 5.75 Å². The van der Waals surface area contributed by atoms with Gasteiger partial charge in [0.25, 0.3) is 0 Å². The Kier molecular flexibility index (Phi) is 3.12. The van der Waals surface area contributed by atoms with Crippen molar-refractivity contribution in [1.29, 1.82) is 0 Å². The molecule has 0 aliphatic heterocycles. The van der Waals surface area contributed by atoms with Crippen LogP contribution in [0.3, 0.4) is 0 Å². The van der Waals surface area contributed by atoms with E-state index < -0.39 is 28.1 Å². The molecule has 0 radical (unpaired) electrons. The minimum atomic E-state index is -1.40. The fraction of sp³-hybridized carbons (Fsp3) is 0. The highest BCUT2D eigenvalue weighted by molar-refractivity contribution is 5.66. The zero-order valence-corrected chi connectivity index (χ0v) is 9.23. The maximum absolute atomic E-state index is 13.5. The van der Waals surface area contributed by atoms with Gasteiger partial charge in [-0.3, -0.25) is 10.1 Å². The average Bonchev–Trinajstić information content (AvgIpc) is 2.26. The van der Waals surface area contributed by atoms with Crippen molar-refractivity contribution in [3.8, 4) is 16.9 Å². The zero-order chi connectivity index (χ0) is 14.2. The summed E-state index contributed by atoms with van der Waals surface area (Å²) >= 11 is 0. The van der Waals surface area contributed by atoms with Gasteiger partial charge in [-0.25, -0.2) is 4.39 Å². The monoisotopic (exact) mass is 269 g/mol. The number of halogens is 3. The van der Waals surface area contributed by atoms with Gasteiger partial charge in [0.05, 0.1) is 4.92 Å². The van der Waals surface area contributed by atoms with Crippen molar-refractivity contribution in [2.75, 3.05) is 0 Å². The molecule has 4 nitrogen and oxygen atoms in total. The molecule has 0 spiro atoms.